The molecule has 0 radical (unpaired) electrons. The Morgan fingerprint density at radius 3 is 2.71 bits per heavy atom. The first-order chi connectivity index (χ1) is 11.6. The molecule has 1 amide bonds. The van der Waals surface area contributed by atoms with Crippen LogP contribution in [0.1, 0.15) is 28.9 Å². The fraction of sp³-hybridized carbons (Fsp3) is 0.444. The van der Waals surface area contributed by atoms with Crippen molar-refractivity contribution in [1.82, 2.24) is 19.8 Å². The van der Waals surface area contributed by atoms with Gasteiger partial charge in [-0.25, -0.2) is 4.98 Å². The molecule has 0 atom stereocenters. The van der Waals surface area contributed by atoms with Gasteiger partial charge in [-0.3, -0.25) is 9.69 Å². The number of H-pyrrole nitrogens is 1. The number of carbonyl (C=O) groups is 1. The van der Waals surface area contributed by atoms with Crippen LogP contribution in [0, 0.1) is 0 Å². The van der Waals surface area contributed by atoms with Gasteiger partial charge in [-0.2, -0.15) is 0 Å². The van der Waals surface area contributed by atoms with Crippen molar-refractivity contribution in [2.45, 2.75) is 25.5 Å². The van der Waals surface area contributed by atoms with Gasteiger partial charge in [0.25, 0.3) is 5.91 Å². The second-order valence-corrected chi connectivity index (χ2v) is 6.37. The van der Waals surface area contributed by atoms with Crippen molar-refractivity contribution in [3.05, 3.63) is 47.9 Å². The van der Waals surface area contributed by atoms with Crippen LogP contribution in [0.25, 0.3) is 0 Å². The first kappa shape index (κ1) is 16.5. The first-order valence-electron chi connectivity index (χ1n) is 8.31. The molecule has 128 valence electrons. The Hall–Kier alpha value is -2.34. The van der Waals surface area contributed by atoms with Crippen LogP contribution in [0.4, 0.5) is 0 Å². The molecular formula is C18H24N4O2. The second kappa shape index (κ2) is 7.49. The van der Waals surface area contributed by atoms with Crippen LogP contribution >= 0.6 is 0 Å². The third kappa shape index (κ3) is 4.14. The van der Waals surface area contributed by atoms with Gasteiger partial charge in [0, 0.05) is 57.9 Å². The zero-order valence-electron chi connectivity index (χ0n) is 14.2. The SMILES string of the molecule is CN(C)C(=O)c1ccc(OC2CCN(Cc3ccc[nH]3)CC2)nc1. The van der Waals surface area contributed by atoms with Crippen molar-refractivity contribution in [3.8, 4) is 5.88 Å². The summed E-state index contributed by atoms with van der Waals surface area (Å²) < 4.78 is 5.96. The predicted octanol–water partition coefficient (Wildman–Crippen LogP) is 2.15. The molecular weight excluding hydrogens is 304 g/mol. The average molecular weight is 328 g/mol. The van der Waals surface area contributed by atoms with Crippen LogP contribution in [0.3, 0.4) is 0 Å². The number of ether oxygens (including phenoxy) is 1. The summed E-state index contributed by atoms with van der Waals surface area (Å²) in [5.41, 5.74) is 1.82. The molecule has 6 nitrogen and oxygen atoms in total. The standard InChI is InChI=1S/C18H24N4O2/c1-21(2)18(23)14-5-6-17(20-12-14)24-16-7-10-22(11-8-16)13-15-4-3-9-19-15/h3-6,9,12,16,19H,7-8,10-11,13H2,1-2H3. The van der Waals surface area contributed by atoms with Gasteiger partial charge in [-0.1, -0.05) is 0 Å². The Labute approximate surface area is 142 Å². The van der Waals surface area contributed by atoms with Crippen LogP contribution in [0.2, 0.25) is 0 Å². The number of rotatable bonds is 5. The molecule has 6 heteroatoms. The number of likely N-dealkylation sites (tertiary alicyclic amines) is 1. The number of nitrogens with one attached hydrogen (secondary N) is 1. The fourth-order valence-corrected chi connectivity index (χ4v) is 2.90. The van der Waals surface area contributed by atoms with Crippen LogP contribution in [-0.2, 0) is 6.54 Å². The number of aromatic nitrogens is 2. The van der Waals surface area contributed by atoms with Gasteiger partial charge in [0.2, 0.25) is 5.88 Å². The Balaban J connectivity index is 1.48. The number of pyridine rings is 1. The Kier molecular flexibility index (Phi) is 5.15. The normalized spacial score (nSPS) is 16.1. The van der Waals surface area contributed by atoms with E-state index in [1.54, 1.807) is 32.4 Å². The van der Waals surface area contributed by atoms with E-state index in [9.17, 15) is 4.79 Å². The molecule has 1 saturated heterocycles. The summed E-state index contributed by atoms with van der Waals surface area (Å²) in [6.45, 7) is 2.99. The van der Waals surface area contributed by atoms with E-state index in [1.807, 2.05) is 12.3 Å². The highest BCUT2D eigenvalue weighted by Gasteiger charge is 2.21. The summed E-state index contributed by atoms with van der Waals surface area (Å²) in [4.78, 5) is 23.3. The second-order valence-electron chi connectivity index (χ2n) is 6.37. The number of hydrogen-bond donors (Lipinski definition) is 1. The van der Waals surface area contributed by atoms with Crippen LogP contribution in [0.15, 0.2) is 36.7 Å². The Bertz CT molecular complexity index is 644. The third-order valence-electron chi connectivity index (χ3n) is 4.27. The van der Waals surface area contributed by atoms with E-state index in [0.717, 1.165) is 32.5 Å². The topological polar surface area (TPSA) is 61.5 Å². The molecule has 1 N–H and O–H groups in total. The van der Waals surface area contributed by atoms with Gasteiger partial charge >= 0.3 is 0 Å². The summed E-state index contributed by atoms with van der Waals surface area (Å²) in [6.07, 6.45) is 5.70. The summed E-state index contributed by atoms with van der Waals surface area (Å²) in [6, 6.07) is 7.69. The zero-order chi connectivity index (χ0) is 16.9. The molecule has 1 aliphatic rings. The maximum Gasteiger partial charge on any atom is 0.254 e. The third-order valence-corrected chi connectivity index (χ3v) is 4.27. The summed E-state index contributed by atoms with van der Waals surface area (Å²) >= 11 is 0. The molecule has 24 heavy (non-hydrogen) atoms. The number of aromatic amines is 1. The average Bonchev–Trinajstić information content (AvgIpc) is 3.09. The minimum Gasteiger partial charge on any atom is -0.474 e. The molecule has 1 fully saturated rings. The molecule has 0 aromatic carbocycles. The molecule has 0 saturated carbocycles. The predicted molar refractivity (Wildman–Crippen MR) is 92.0 cm³/mol. The van der Waals surface area contributed by atoms with Crippen LogP contribution in [-0.4, -0.2) is 59.0 Å². The number of carbonyl (C=O) groups excluding carboxylic acids is 1. The van der Waals surface area contributed by atoms with E-state index in [2.05, 4.69) is 20.9 Å². The van der Waals surface area contributed by atoms with E-state index in [0.29, 0.717) is 11.4 Å². The van der Waals surface area contributed by atoms with Gasteiger partial charge in [-0.15, -0.1) is 0 Å². The van der Waals surface area contributed by atoms with Crippen molar-refractivity contribution in [2.75, 3.05) is 27.2 Å². The Morgan fingerprint density at radius 2 is 2.12 bits per heavy atom. The van der Waals surface area contributed by atoms with E-state index in [4.69, 9.17) is 4.74 Å². The molecule has 1 aliphatic heterocycles. The maximum atomic E-state index is 11.8. The molecule has 0 aliphatic carbocycles. The molecule has 0 unspecified atom stereocenters. The molecule has 0 spiro atoms. The monoisotopic (exact) mass is 328 g/mol. The van der Waals surface area contributed by atoms with Crippen molar-refractivity contribution < 1.29 is 9.53 Å². The molecule has 2 aromatic rings. The van der Waals surface area contributed by atoms with E-state index in [1.165, 1.54) is 10.6 Å². The highest BCUT2D eigenvalue weighted by molar-refractivity contribution is 5.93. The lowest BCUT2D eigenvalue weighted by atomic mass is 10.1. The molecule has 3 heterocycles. The number of piperidine rings is 1. The minimum absolute atomic E-state index is 0.0494. The summed E-state index contributed by atoms with van der Waals surface area (Å²) in [7, 11) is 3.46. The Morgan fingerprint density at radius 1 is 1.33 bits per heavy atom. The highest BCUT2D eigenvalue weighted by Crippen LogP contribution is 2.19. The lowest BCUT2D eigenvalue weighted by Crippen LogP contribution is -2.38. The van der Waals surface area contributed by atoms with Gasteiger partial charge in [0.05, 0.1) is 5.56 Å². The summed E-state index contributed by atoms with van der Waals surface area (Å²) in [5, 5.41) is 0. The van der Waals surface area contributed by atoms with Gasteiger partial charge in [0.1, 0.15) is 6.10 Å². The van der Waals surface area contributed by atoms with Gasteiger partial charge < -0.3 is 14.6 Å². The molecule has 2 aromatic heterocycles. The van der Waals surface area contributed by atoms with Gasteiger partial charge in [0.15, 0.2) is 0 Å². The molecule has 0 bridgehead atoms. The van der Waals surface area contributed by atoms with E-state index in [-0.39, 0.29) is 12.0 Å². The largest absolute Gasteiger partial charge is 0.474 e. The lowest BCUT2D eigenvalue weighted by molar-refractivity contribution is 0.0826. The van der Waals surface area contributed by atoms with Crippen LogP contribution < -0.4 is 4.74 Å². The van der Waals surface area contributed by atoms with Crippen molar-refractivity contribution in [2.24, 2.45) is 0 Å². The van der Waals surface area contributed by atoms with Crippen molar-refractivity contribution >= 4 is 5.91 Å². The number of hydrogen-bond acceptors (Lipinski definition) is 4. The van der Waals surface area contributed by atoms with E-state index >= 15 is 0 Å². The maximum absolute atomic E-state index is 11.8. The molecule has 3 rings (SSSR count). The van der Waals surface area contributed by atoms with Crippen molar-refractivity contribution in [3.63, 3.8) is 0 Å². The van der Waals surface area contributed by atoms with E-state index < -0.39 is 0 Å². The van der Waals surface area contributed by atoms with Gasteiger partial charge in [-0.05, 0) is 31.0 Å². The number of nitrogens with zero attached hydrogens (tertiary/aromatic N) is 3. The quantitative estimate of drug-likeness (QED) is 0.914. The first-order valence-corrected chi connectivity index (χ1v) is 8.31. The minimum atomic E-state index is -0.0494. The lowest BCUT2D eigenvalue weighted by Gasteiger charge is -2.31. The highest BCUT2D eigenvalue weighted by atomic mass is 16.5. The summed E-state index contributed by atoms with van der Waals surface area (Å²) in [5.74, 6) is 0.541. The van der Waals surface area contributed by atoms with Crippen molar-refractivity contribution in [1.29, 1.82) is 0 Å². The zero-order valence-corrected chi connectivity index (χ0v) is 14.2. The van der Waals surface area contributed by atoms with Crippen LogP contribution in [0.5, 0.6) is 5.88 Å². The fourth-order valence-electron chi connectivity index (χ4n) is 2.90. The number of amides is 1. The smallest absolute Gasteiger partial charge is 0.254 e.